The van der Waals surface area contributed by atoms with Crippen molar-refractivity contribution in [1.29, 1.82) is 5.26 Å². The topological polar surface area (TPSA) is 87.0 Å². The number of rotatable bonds is 6. The van der Waals surface area contributed by atoms with Gasteiger partial charge in [-0.3, -0.25) is 4.79 Å². The molecule has 0 aliphatic heterocycles. The summed E-state index contributed by atoms with van der Waals surface area (Å²) in [7, 11) is -3.53. The number of nitrogens with one attached hydrogen (secondary N) is 1. The fraction of sp³-hybridized carbons (Fsp3) is 0.429. The van der Waals surface area contributed by atoms with Gasteiger partial charge in [0, 0.05) is 6.54 Å². The van der Waals surface area contributed by atoms with Crippen LogP contribution >= 0.6 is 0 Å². The Balaban J connectivity index is 2.65. The summed E-state index contributed by atoms with van der Waals surface area (Å²) in [6.45, 7) is 4.32. The molecule has 0 radical (unpaired) electrons. The number of amides is 1. The normalized spacial score (nSPS) is 11.1. The first kappa shape index (κ1) is 16.2. The Morgan fingerprint density at radius 2 is 2.10 bits per heavy atom. The molecule has 1 rings (SSSR count). The monoisotopic (exact) mass is 294 g/mol. The van der Waals surface area contributed by atoms with Gasteiger partial charge in [-0.05, 0) is 23.6 Å². The van der Waals surface area contributed by atoms with E-state index < -0.39 is 21.5 Å². The van der Waals surface area contributed by atoms with Crippen molar-refractivity contribution < 1.29 is 13.2 Å². The predicted molar refractivity (Wildman–Crippen MR) is 76.5 cm³/mol. The number of benzene rings is 1. The highest BCUT2D eigenvalue weighted by atomic mass is 32.2. The Hall–Kier alpha value is -1.87. The van der Waals surface area contributed by atoms with E-state index in [0.29, 0.717) is 17.7 Å². The smallest absolute Gasteiger partial charge is 0.235 e. The lowest BCUT2D eigenvalue weighted by atomic mass is 10.2. The molecule has 0 bridgehead atoms. The molecule has 1 aromatic carbocycles. The van der Waals surface area contributed by atoms with Crippen LogP contribution in [0.15, 0.2) is 24.3 Å². The first-order chi connectivity index (χ1) is 9.32. The third-order valence-electron chi connectivity index (χ3n) is 2.50. The van der Waals surface area contributed by atoms with Crippen LogP contribution in [0.5, 0.6) is 0 Å². The average Bonchev–Trinajstić information content (AvgIpc) is 2.35. The lowest BCUT2D eigenvalue weighted by Gasteiger charge is -2.08. The van der Waals surface area contributed by atoms with Crippen LogP contribution in [0, 0.1) is 17.2 Å². The molecule has 1 amide bonds. The van der Waals surface area contributed by atoms with Crippen molar-refractivity contribution in [2.75, 3.05) is 12.3 Å². The van der Waals surface area contributed by atoms with Crippen LogP contribution in [0.3, 0.4) is 0 Å². The van der Waals surface area contributed by atoms with Gasteiger partial charge in [-0.15, -0.1) is 0 Å². The number of nitrogens with zero attached hydrogens (tertiary/aromatic N) is 1. The second kappa shape index (κ2) is 7.06. The average molecular weight is 294 g/mol. The van der Waals surface area contributed by atoms with Crippen LogP contribution in [0.2, 0.25) is 0 Å². The molecular weight excluding hydrogens is 276 g/mol. The van der Waals surface area contributed by atoms with Gasteiger partial charge in [0.05, 0.1) is 17.4 Å². The second-order valence-corrected chi connectivity index (χ2v) is 7.11. The fourth-order valence-corrected chi connectivity index (χ4v) is 2.90. The van der Waals surface area contributed by atoms with Crippen LogP contribution in [0.1, 0.15) is 25.0 Å². The molecule has 6 heteroatoms. The first-order valence-electron chi connectivity index (χ1n) is 6.28. The van der Waals surface area contributed by atoms with Gasteiger partial charge < -0.3 is 5.32 Å². The summed E-state index contributed by atoms with van der Waals surface area (Å²) in [5.74, 6) is -0.988. The zero-order valence-electron chi connectivity index (χ0n) is 11.6. The van der Waals surface area contributed by atoms with Crippen molar-refractivity contribution in [2.24, 2.45) is 5.92 Å². The SMILES string of the molecule is CC(C)CNC(=O)CS(=O)(=O)Cc1cccc(C#N)c1. The molecule has 20 heavy (non-hydrogen) atoms. The third-order valence-corrected chi connectivity index (χ3v) is 3.98. The highest BCUT2D eigenvalue weighted by molar-refractivity contribution is 7.91. The number of sulfone groups is 1. The molecule has 0 spiro atoms. The van der Waals surface area contributed by atoms with E-state index in [-0.39, 0.29) is 11.7 Å². The summed E-state index contributed by atoms with van der Waals surface area (Å²) in [6, 6.07) is 8.33. The molecule has 0 heterocycles. The molecule has 1 N–H and O–H groups in total. The van der Waals surface area contributed by atoms with Crippen LogP contribution in [-0.2, 0) is 20.4 Å². The molecular formula is C14H18N2O3S. The molecule has 0 aliphatic carbocycles. The number of hydrogen-bond donors (Lipinski definition) is 1. The van der Waals surface area contributed by atoms with Gasteiger partial charge in [-0.25, -0.2) is 8.42 Å². The van der Waals surface area contributed by atoms with Gasteiger partial charge in [0.1, 0.15) is 5.75 Å². The maximum atomic E-state index is 11.9. The zero-order valence-corrected chi connectivity index (χ0v) is 12.4. The number of carbonyl (C=O) groups excluding carboxylic acids is 1. The van der Waals surface area contributed by atoms with Crippen LogP contribution in [0.25, 0.3) is 0 Å². The van der Waals surface area contributed by atoms with Crippen LogP contribution < -0.4 is 5.32 Å². The summed E-state index contributed by atoms with van der Waals surface area (Å²) in [5, 5.41) is 11.3. The lowest BCUT2D eigenvalue weighted by Crippen LogP contribution is -2.33. The third kappa shape index (κ3) is 5.85. The molecule has 0 saturated carbocycles. The molecule has 108 valence electrons. The summed E-state index contributed by atoms with van der Waals surface area (Å²) >= 11 is 0. The molecule has 0 fully saturated rings. The van der Waals surface area contributed by atoms with E-state index in [1.54, 1.807) is 18.2 Å². The molecule has 0 aliphatic rings. The van der Waals surface area contributed by atoms with Crippen molar-refractivity contribution >= 4 is 15.7 Å². The Labute approximate surface area is 119 Å². The minimum absolute atomic E-state index is 0.238. The molecule has 0 aromatic heterocycles. The summed E-state index contributed by atoms with van der Waals surface area (Å²) < 4.78 is 23.8. The highest BCUT2D eigenvalue weighted by Crippen LogP contribution is 2.09. The zero-order chi connectivity index (χ0) is 15.2. The fourth-order valence-electron chi connectivity index (χ4n) is 1.60. The number of nitriles is 1. The maximum Gasteiger partial charge on any atom is 0.235 e. The minimum atomic E-state index is -3.53. The van der Waals surface area contributed by atoms with Crippen molar-refractivity contribution in [3.8, 4) is 6.07 Å². The lowest BCUT2D eigenvalue weighted by molar-refractivity contribution is -0.118. The number of hydrogen-bond acceptors (Lipinski definition) is 4. The van der Waals surface area contributed by atoms with Gasteiger partial charge in [-0.2, -0.15) is 5.26 Å². The van der Waals surface area contributed by atoms with Gasteiger partial charge >= 0.3 is 0 Å². The maximum absolute atomic E-state index is 11.9. The summed E-state index contributed by atoms with van der Waals surface area (Å²) in [5.41, 5.74) is 0.919. The molecule has 0 atom stereocenters. The van der Waals surface area contributed by atoms with E-state index in [1.165, 1.54) is 6.07 Å². The van der Waals surface area contributed by atoms with Crippen LogP contribution in [0.4, 0.5) is 0 Å². The number of carbonyl (C=O) groups is 1. The van der Waals surface area contributed by atoms with E-state index in [9.17, 15) is 13.2 Å². The Kier molecular flexibility index (Phi) is 5.71. The largest absolute Gasteiger partial charge is 0.355 e. The van der Waals surface area contributed by atoms with Crippen molar-refractivity contribution in [3.05, 3.63) is 35.4 Å². The van der Waals surface area contributed by atoms with Crippen molar-refractivity contribution in [3.63, 3.8) is 0 Å². The summed E-state index contributed by atoms with van der Waals surface area (Å²) in [6.07, 6.45) is 0. The summed E-state index contributed by atoms with van der Waals surface area (Å²) in [4.78, 5) is 11.5. The molecule has 0 unspecified atom stereocenters. The van der Waals surface area contributed by atoms with Gasteiger partial charge in [-0.1, -0.05) is 26.0 Å². The Morgan fingerprint density at radius 3 is 2.70 bits per heavy atom. The van der Waals surface area contributed by atoms with Gasteiger partial charge in [0.25, 0.3) is 0 Å². The highest BCUT2D eigenvalue weighted by Gasteiger charge is 2.17. The van der Waals surface area contributed by atoms with E-state index in [1.807, 2.05) is 19.9 Å². The van der Waals surface area contributed by atoms with Crippen molar-refractivity contribution in [1.82, 2.24) is 5.32 Å². The van der Waals surface area contributed by atoms with E-state index in [2.05, 4.69) is 5.32 Å². The van der Waals surface area contributed by atoms with E-state index in [0.717, 1.165) is 0 Å². The second-order valence-electron chi connectivity index (χ2n) is 5.04. The van der Waals surface area contributed by atoms with E-state index in [4.69, 9.17) is 5.26 Å². The van der Waals surface area contributed by atoms with Crippen molar-refractivity contribution in [2.45, 2.75) is 19.6 Å². The van der Waals surface area contributed by atoms with Crippen LogP contribution in [-0.4, -0.2) is 26.6 Å². The standard InChI is InChI=1S/C14H18N2O3S/c1-11(2)8-16-14(17)10-20(18,19)9-13-5-3-4-12(6-13)7-15/h3-6,11H,8-10H2,1-2H3,(H,16,17). The predicted octanol–water partition coefficient (Wildman–Crippen LogP) is 1.25. The Bertz CT molecular complexity index is 616. The molecule has 5 nitrogen and oxygen atoms in total. The van der Waals surface area contributed by atoms with Gasteiger partial charge in [0.2, 0.25) is 5.91 Å². The van der Waals surface area contributed by atoms with Gasteiger partial charge in [0.15, 0.2) is 9.84 Å². The Morgan fingerprint density at radius 1 is 1.40 bits per heavy atom. The quantitative estimate of drug-likeness (QED) is 0.855. The van der Waals surface area contributed by atoms with E-state index >= 15 is 0 Å². The minimum Gasteiger partial charge on any atom is -0.355 e. The molecule has 1 aromatic rings. The molecule has 0 saturated heterocycles. The first-order valence-corrected chi connectivity index (χ1v) is 8.10.